The average Bonchev–Trinajstić information content (AvgIpc) is 2.58. The van der Waals surface area contributed by atoms with Gasteiger partial charge in [0, 0.05) is 6.54 Å². The number of nitrogens with zero attached hydrogens (tertiary/aromatic N) is 1. The third kappa shape index (κ3) is 2.29. The molecule has 5 nitrogen and oxygen atoms in total. The fraction of sp³-hybridized carbons (Fsp3) is 0.455. The maximum atomic E-state index is 11.9. The Morgan fingerprint density at radius 2 is 2.12 bits per heavy atom. The van der Waals surface area contributed by atoms with E-state index in [0.29, 0.717) is 18.8 Å². The van der Waals surface area contributed by atoms with Gasteiger partial charge >= 0.3 is 10.2 Å². The first kappa shape index (κ1) is 12.3. The van der Waals surface area contributed by atoms with Crippen molar-refractivity contribution >= 4 is 15.9 Å². The SMILES string of the molecule is Cc1ccc(N2CC(CN)NS2(=O)=O)cc1C. The van der Waals surface area contributed by atoms with E-state index in [1.54, 1.807) is 0 Å². The maximum Gasteiger partial charge on any atom is 0.301 e. The van der Waals surface area contributed by atoms with Gasteiger partial charge in [0.15, 0.2) is 0 Å². The molecule has 1 fully saturated rings. The molecule has 1 unspecified atom stereocenters. The number of nitrogens with two attached hydrogens (primary N) is 1. The lowest BCUT2D eigenvalue weighted by Gasteiger charge is -2.17. The zero-order valence-electron chi connectivity index (χ0n) is 9.97. The summed E-state index contributed by atoms with van der Waals surface area (Å²) in [6.07, 6.45) is 0. The molecule has 2 rings (SSSR count). The van der Waals surface area contributed by atoms with Crippen molar-refractivity contribution < 1.29 is 8.42 Å². The van der Waals surface area contributed by atoms with Gasteiger partial charge in [-0.25, -0.2) is 0 Å². The van der Waals surface area contributed by atoms with Gasteiger partial charge in [-0.1, -0.05) is 6.07 Å². The third-order valence-corrected chi connectivity index (χ3v) is 4.63. The molecule has 0 radical (unpaired) electrons. The molecule has 0 aromatic heterocycles. The van der Waals surface area contributed by atoms with Crippen molar-refractivity contribution in [2.24, 2.45) is 5.73 Å². The van der Waals surface area contributed by atoms with Crippen LogP contribution >= 0.6 is 0 Å². The lowest BCUT2D eigenvalue weighted by atomic mass is 10.1. The number of hydrogen-bond acceptors (Lipinski definition) is 3. The van der Waals surface area contributed by atoms with Crippen LogP contribution in [0, 0.1) is 13.8 Å². The first-order chi connectivity index (χ1) is 7.94. The Hall–Kier alpha value is -1.11. The zero-order valence-corrected chi connectivity index (χ0v) is 10.8. The standard InChI is InChI=1S/C11H17N3O2S/c1-8-3-4-11(5-9(8)2)14-7-10(6-12)13-17(14,15)16/h3-5,10,13H,6-7,12H2,1-2H3. The highest BCUT2D eigenvalue weighted by Crippen LogP contribution is 2.24. The summed E-state index contributed by atoms with van der Waals surface area (Å²) >= 11 is 0. The number of anilines is 1. The zero-order chi connectivity index (χ0) is 12.6. The van der Waals surface area contributed by atoms with Crippen molar-refractivity contribution in [2.45, 2.75) is 19.9 Å². The van der Waals surface area contributed by atoms with Gasteiger partial charge in [-0.15, -0.1) is 0 Å². The lowest BCUT2D eigenvalue weighted by Crippen LogP contribution is -2.33. The summed E-state index contributed by atoms with van der Waals surface area (Å²) in [4.78, 5) is 0. The Balaban J connectivity index is 2.37. The van der Waals surface area contributed by atoms with Gasteiger partial charge in [0.2, 0.25) is 0 Å². The predicted octanol–water partition coefficient (Wildman–Crippen LogP) is 0.285. The van der Waals surface area contributed by atoms with E-state index in [4.69, 9.17) is 5.73 Å². The van der Waals surface area contributed by atoms with Gasteiger partial charge in [0.1, 0.15) is 0 Å². The van der Waals surface area contributed by atoms with Gasteiger partial charge in [-0.05, 0) is 37.1 Å². The third-order valence-electron chi connectivity index (χ3n) is 3.05. The van der Waals surface area contributed by atoms with Crippen LogP contribution in [0.25, 0.3) is 0 Å². The summed E-state index contributed by atoms with van der Waals surface area (Å²) in [5, 5.41) is 0. The van der Waals surface area contributed by atoms with Gasteiger partial charge in [0.05, 0.1) is 18.3 Å². The quantitative estimate of drug-likeness (QED) is 0.797. The number of rotatable bonds is 2. The maximum absolute atomic E-state index is 11.9. The van der Waals surface area contributed by atoms with Crippen LogP contribution in [0.2, 0.25) is 0 Å². The molecule has 1 heterocycles. The molecule has 1 atom stereocenters. The van der Waals surface area contributed by atoms with Crippen molar-refractivity contribution in [1.82, 2.24) is 4.72 Å². The molecule has 17 heavy (non-hydrogen) atoms. The molecular formula is C11H17N3O2S. The van der Waals surface area contributed by atoms with Crippen molar-refractivity contribution in [2.75, 3.05) is 17.4 Å². The second kappa shape index (κ2) is 4.29. The molecule has 1 aromatic carbocycles. The minimum Gasteiger partial charge on any atom is -0.329 e. The topological polar surface area (TPSA) is 75.4 Å². The summed E-state index contributed by atoms with van der Waals surface area (Å²) in [5.74, 6) is 0. The Labute approximate surface area is 102 Å². The molecular weight excluding hydrogens is 238 g/mol. The van der Waals surface area contributed by atoms with Gasteiger partial charge in [-0.2, -0.15) is 13.1 Å². The molecule has 1 aliphatic heterocycles. The fourth-order valence-corrected chi connectivity index (χ4v) is 3.34. The Bertz CT molecular complexity index is 528. The monoisotopic (exact) mass is 255 g/mol. The van der Waals surface area contributed by atoms with Crippen molar-refractivity contribution in [3.05, 3.63) is 29.3 Å². The normalized spacial score (nSPS) is 23.0. The van der Waals surface area contributed by atoms with Gasteiger partial charge in [-0.3, -0.25) is 4.31 Å². The number of nitrogens with one attached hydrogen (secondary N) is 1. The molecule has 0 spiro atoms. The van der Waals surface area contributed by atoms with E-state index < -0.39 is 10.2 Å². The van der Waals surface area contributed by atoms with E-state index in [2.05, 4.69) is 4.72 Å². The number of benzene rings is 1. The van der Waals surface area contributed by atoms with Crippen LogP contribution in [-0.2, 0) is 10.2 Å². The molecule has 0 bridgehead atoms. The smallest absolute Gasteiger partial charge is 0.301 e. The summed E-state index contributed by atoms with van der Waals surface area (Å²) in [6.45, 7) is 4.66. The first-order valence-electron chi connectivity index (χ1n) is 5.51. The summed E-state index contributed by atoms with van der Waals surface area (Å²) in [7, 11) is -3.43. The van der Waals surface area contributed by atoms with E-state index in [-0.39, 0.29) is 6.04 Å². The molecule has 1 aliphatic rings. The lowest BCUT2D eigenvalue weighted by molar-refractivity contribution is 0.583. The average molecular weight is 255 g/mol. The second-order valence-electron chi connectivity index (χ2n) is 4.36. The highest BCUT2D eigenvalue weighted by molar-refractivity contribution is 7.91. The highest BCUT2D eigenvalue weighted by Gasteiger charge is 2.34. The second-order valence-corrected chi connectivity index (χ2v) is 5.98. The summed E-state index contributed by atoms with van der Waals surface area (Å²) < 4.78 is 27.7. The molecule has 6 heteroatoms. The van der Waals surface area contributed by atoms with Gasteiger partial charge in [0.25, 0.3) is 0 Å². The molecule has 3 N–H and O–H groups in total. The van der Waals surface area contributed by atoms with E-state index in [9.17, 15) is 8.42 Å². The number of aryl methyl sites for hydroxylation is 2. The fourth-order valence-electron chi connectivity index (χ4n) is 1.86. The Morgan fingerprint density at radius 3 is 2.65 bits per heavy atom. The van der Waals surface area contributed by atoms with Crippen LogP contribution in [0.3, 0.4) is 0 Å². The molecule has 94 valence electrons. The van der Waals surface area contributed by atoms with Crippen molar-refractivity contribution in [3.8, 4) is 0 Å². The first-order valence-corrected chi connectivity index (χ1v) is 6.95. The van der Waals surface area contributed by atoms with E-state index in [1.165, 1.54) is 4.31 Å². The van der Waals surface area contributed by atoms with E-state index in [1.807, 2.05) is 32.0 Å². The van der Waals surface area contributed by atoms with Crippen LogP contribution in [0.1, 0.15) is 11.1 Å². The minimum atomic E-state index is -3.43. The molecule has 0 amide bonds. The van der Waals surface area contributed by atoms with Crippen molar-refractivity contribution in [1.29, 1.82) is 0 Å². The van der Waals surface area contributed by atoms with E-state index >= 15 is 0 Å². The molecule has 0 saturated carbocycles. The number of hydrogen-bond donors (Lipinski definition) is 2. The van der Waals surface area contributed by atoms with Crippen LogP contribution in [0.15, 0.2) is 18.2 Å². The predicted molar refractivity (Wildman–Crippen MR) is 68.2 cm³/mol. The summed E-state index contributed by atoms with van der Waals surface area (Å²) in [5.41, 5.74) is 8.41. The molecule has 1 saturated heterocycles. The minimum absolute atomic E-state index is 0.207. The van der Waals surface area contributed by atoms with Crippen molar-refractivity contribution in [3.63, 3.8) is 0 Å². The highest BCUT2D eigenvalue weighted by atomic mass is 32.2. The molecule has 0 aliphatic carbocycles. The van der Waals surface area contributed by atoms with Crippen LogP contribution in [0.5, 0.6) is 0 Å². The Kier molecular flexibility index (Phi) is 3.11. The van der Waals surface area contributed by atoms with Crippen LogP contribution in [-0.4, -0.2) is 27.5 Å². The van der Waals surface area contributed by atoms with Crippen LogP contribution < -0.4 is 14.8 Å². The Morgan fingerprint density at radius 1 is 1.41 bits per heavy atom. The largest absolute Gasteiger partial charge is 0.329 e. The van der Waals surface area contributed by atoms with Crippen LogP contribution in [0.4, 0.5) is 5.69 Å². The summed E-state index contributed by atoms with van der Waals surface area (Å²) in [6, 6.07) is 5.42. The van der Waals surface area contributed by atoms with Gasteiger partial charge < -0.3 is 5.73 Å². The molecule has 1 aromatic rings. The van der Waals surface area contributed by atoms with E-state index in [0.717, 1.165) is 11.1 Å².